The molecular weight excluding hydrogens is 278 g/mol. The largest absolute Gasteiger partial charge is 0.386 e. The summed E-state index contributed by atoms with van der Waals surface area (Å²) in [7, 11) is 0. The third kappa shape index (κ3) is 2.15. The molecule has 2 rings (SSSR count). The highest BCUT2D eigenvalue weighted by Crippen LogP contribution is 2.30. The van der Waals surface area contributed by atoms with E-state index in [9.17, 15) is 27.5 Å². The first-order valence-electron chi connectivity index (χ1n) is 6.02. The molecule has 1 heterocycles. The summed E-state index contributed by atoms with van der Waals surface area (Å²) in [4.78, 5) is 12.9. The van der Waals surface area contributed by atoms with Crippen molar-refractivity contribution in [3.63, 3.8) is 0 Å². The number of carbonyl (C=O) groups is 1. The fourth-order valence-electron chi connectivity index (χ4n) is 2.02. The van der Waals surface area contributed by atoms with Crippen LogP contribution in [0.4, 0.5) is 17.6 Å². The van der Waals surface area contributed by atoms with Gasteiger partial charge in [0.15, 0.2) is 23.3 Å². The Morgan fingerprint density at radius 2 is 1.75 bits per heavy atom. The molecule has 1 aliphatic heterocycles. The molecule has 0 aliphatic carbocycles. The maximum absolute atomic E-state index is 13.5. The van der Waals surface area contributed by atoms with E-state index in [2.05, 4.69) is 0 Å². The molecule has 1 saturated heterocycles. The lowest BCUT2D eigenvalue weighted by molar-refractivity contribution is -0.111. The third-order valence-electron chi connectivity index (χ3n) is 3.62. The Morgan fingerprint density at radius 3 is 2.25 bits per heavy atom. The minimum absolute atomic E-state index is 0.0659. The predicted octanol–water partition coefficient (Wildman–Crippen LogP) is 2.09. The van der Waals surface area contributed by atoms with Crippen LogP contribution in [-0.2, 0) is 0 Å². The van der Waals surface area contributed by atoms with Gasteiger partial charge in [-0.15, -0.1) is 0 Å². The lowest BCUT2D eigenvalue weighted by Gasteiger charge is -2.49. The maximum Gasteiger partial charge on any atom is 0.257 e. The molecule has 1 fully saturated rings. The van der Waals surface area contributed by atoms with Crippen molar-refractivity contribution < 1.29 is 27.5 Å². The molecule has 1 aromatic carbocycles. The molecule has 1 amide bonds. The van der Waals surface area contributed by atoms with E-state index in [1.807, 2.05) is 0 Å². The van der Waals surface area contributed by atoms with Crippen molar-refractivity contribution in [3.05, 3.63) is 34.9 Å². The number of nitrogens with zero attached hydrogens (tertiary/aromatic N) is 1. The van der Waals surface area contributed by atoms with Gasteiger partial charge in [-0.05, 0) is 12.0 Å². The number of aliphatic hydroxyl groups is 1. The van der Waals surface area contributed by atoms with Gasteiger partial charge < -0.3 is 10.0 Å². The predicted molar refractivity (Wildman–Crippen MR) is 62.0 cm³/mol. The van der Waals surface area contributed by atoms with E-state index in [1.165, 1.54) is 0 Å². The average molecular weight is 291 g/mol. The first kappa shape index (κ1) is 14.8. The van der Waals surface area contributed by atoms with Crippen LogP contribution in [0.5, 0.6) is 0 Å². The highest BCUT2D eigenvalue weighted by atomic mass is 19.2. The summed E-state index contributed by atoms with van der Waals surface area (Å²) in [5, 5.41) is 9.98. The molecule has 110 valence electrons. The van der Waals surface area contributed by atoms with Gasteiger partial charge in [-0.2, -0.15) is 0 Å². The summed E-state index contributed by atoms with van der Waals surface area (Å²) < 4.78 is 52.4. The Balaban J connectivity index is 2.25. The Labute approximate surface area is 112 Å². The summed E-state index contributed by atoms with van der Waals surface area (Å²) in [5.41, 5.74) is -1.98. The second-order valence-corrected chi connectivity index (χ2v) is 5.27. The second-order valence-electron chi connectivity index (χ2n) is 5.27. The first-order chi connectivity index (χ1) is 9.17. The molecule has 0 aromatic heterocycles. The van der Waals surface area contributed by atoms with Crippen molar-refractivity contribution in [3.8, 4) is 0 Å². The molecule has 1 aliphatic rings. The highest BCUT2D eigenvalue weighted by molar-refractivity contribution is 5.95. The number of benzene rings is 1. The van der Waals surface area contributed by atoms with Crippen LogP contribution < -0.4 is 0 Å². The molecule has 1 N–H and O–H groups in total. The Kier molecular flexibility index (Phi) is 3.49. The van der Waals surface area contributed by atoms with Crippen molar-refractivity contribution in [2.24, 2.45) is 5.92 Å². The standard InChI is InChI=1S/C13H13F4NO2/c1-6(2)13(20)4-18(5-13)12(19)7-3-8(14)10(16)11(17)9(7)15/h3,6,20H,4-5H2,1-2H3. The maximum atomic E-state index is 13.5. The van der Waals surface area contributed by atoms with Crippen LogP contribution in [0.25, 0.3) is 0 Å². The van der Waals surface area contributed by atoms with Gasteiger partial charge in [-0.3, -0.25) is 4.79 Å². The second kappa shape index (κ2) is 4.73. The van der Waals surface area contributed by atoms with Crippen LogP contribution in [0.3, 0.4) is 0 Å². The molecular formula is C13H13F4NO2. The van der Waals surface area contributed by atoms with E-state index in [-0.39, 0.29) is 19.0 Å². The van der Waals surface area contributed by atoms with E-state index < -0.39 is 40.3 Å². The zero-order valence-corrected chi connectivity index (χ0v) is 10.9. The molecule has 0 bridgehead atoms. The van der Waals surface area contributed by atoms with E-state index in [0.717, 1.165) is 4.90 Å². The fraction of sp³-hybridized carbons (Fsp3) is 0.462. The average Bonchev–Trinajstić information content (AvgIpc) is 2.35. The smallest absolute Gasteiger partial charge is 0.257 e. The van der Waals surface area contributed by atoms with Gasteiger partial charge in [-0.1, -0.05) is 13.8 Å². The van der Waals surface area contributed by atoms with Crippen LogP contribution >= 0.6 is 0 Å². The number of hydrogen-bond donors (Lipinski definition) is 1. The molecule has 7 heteroatoms. The summed E-state index contributed by atoms with van der Waals surface area (Å²) in [6.07, 6.45) is 0. The number of amides is 1. The zero-order chi connectivity index (χ0) is 15.2. The fourth-order valence-corrected chi connectivity index (χ4v) is 2.02. The van der Waals surface area contributed by atoms with Crippen molar-refractivity contribution in [2.45, 2.75) is 19.4 Å². The van der Waals surface area contributed by atoms with Crippen LogP contribution in [0.15, 0.2) is 6.07 Å². The molecule has 1 aromatic rings. The summed E-state index contributed by atoms with van der Waals surface area (Å²) in [6.45, 7) is 3.37. The number of likely N-dealkylation sites (tertiary alicyclic amines) is 1. The van der Waals surface area contributed by atoms with Crippen LogP contribution in [0, 0.1) is 29.2 Å². The van der Waals surface area contributed by atoms with E-state index in [1.54, 1.807) is 13.8 Å². The lowest BCUT2D eigenvalue weighted by atomic mass is 9.82. The first-order valence-corrected chi connectivity index (χ1v) is 6.02. The van der Waals surface area contributed by atoms with Gasteiger partial charge in [0.1, 0.15) is 5.60 Å². The van der Waals surface area contributed by atoms with Crippen molar-refractivity contribution in [2.75, 3.05) is 13.1 Å². The molecule has 0 radical (unpaired) electrons. The van der Waals surface area contributed by atoms with Gasteiger partial charge in [0.2, 0.25) is 0 Å². The highest BCUT2D eigenvalue weighted by Gasteiger charge is 2.46. The summed E-state index contributed by atoms with van der Waals surface area (Å²) >= 11 is 0. The monoisotopic (exact) mass is 291 g/mol. The molecule has 0 unspecified atom stereocenters. The van der Waals surface area contributed by atoms with Crippen LogP contribution in [0.1, 0.15) is 24.2 Å². The summed E-state index contributed by atoms with van der Waals surface area (Å²) in [6, 6.07) is 0.322. The van der Waals surface area contributed by atoms with Crippen LogP contribution in [0.2, 0.25) is 0 Å². The minimum atomic E-state index is -2.02. The molecule has 20 heavy (non-hydrogen) atoms. The van der Waals surface area contributed by atoms with E-state index >= 15 is 0 Å². The number of carbonyl (C=O) groups excluding carboxylic acids is 1. The Morgan fingerprint density at radius 1 is 1.20 bits per heavy atom. The van der Waals surface area contributed by atoms with E-state index in [0.29, 0.717) is 6.07 Å². The third-order valence-corrected chi connectivity index (χ3v) is 3.62. The van der Waals surface area contributed by atoms with Crippen molar-refractivity contribution in [1.82, 2.24) is 4.90 Å². The molecule has 0 saturated carbocycles. The lowest BCUT2D eigenvalue weighted by Crippen LogP contribution is -2.66. The van der Waals surface area contributed by atoms with Gasteiger partial charge in [0, 0.05) is 0 Å². The number of hydrogen-bond acceptors (Lipinski definition) is 2. The Bertz CT molecular complexity index is 568. The number of rotatable bonds is 2. The number of β-amino-alcohol motifs (C(OH)–C–C–N with tert-alkyl or cyclic N) is 1. The zero-order valence-electron chi connectivity index (χ0n) is 10.9. The minimum Gasteiger partial charge on any atom is -0.386 e. The number of halogens is 4. The SMILES string of the molecule is CC(C)C1(O)CN(C(=O)c2cc(F)c(F)c(F)c2F)C1. The Hall–Kier alpha value is -1.63. The van der Waals surface area contributed by atoms with Gasteiger partial charge in [0.05, 0.1) is 18.7 Å². The molecule has 0 spiro atoms. The normalized spacial score (nSPS) is 17.3. The summed E-state index contributed by atoms with van der Waals surface area (Å²) in [5.74, 6) is -8.45. The van der Waals surface area contributed by atoms with Gasteiger partial charge in [-0.25, -0.2) is 17.6 Å². The van der Waals surface area contributed by atoms with Gasteiger partial charge >= 0.3 is 0 Å². The van der Waals surface area contributed by atoms with Gasteiger partial charge in [0.25, 0.3) is 5.91 Å². The topological polar surface area (TPSA) is 40.5 Å². The van der Waals surface area contributed by atoms with Crippen LogP contribution in [-0.4, -0.2) is 34.6 Å². The molecule has 3 nitrogen and oxygen atoms in total. The van der Waals surface area contributed by atoms with E-state index in [4.69, 9.17) is 0 Å². The van der Waals surface area contributed by atoms with Crippen molar-refractivity contribution >= 4 is 5.91 Å². The molecule has 0 atom stereocenters. The quantitative estimate of drug-likeness (QED) is 0.515. The van der Waals surface area contributed by atoms with Crippen molar-refractivity contribution in [1.29, 1.82) is 0 Å².